The number of carbonyl (C=O) groups excluding carboxylic acids is 1. The summed E-state index contributed by atoms with van der Waals surface area (Å²) in [4.78, 5) is 11.1. The number of benzene rings is 1. The molecule has 6 nitrogen and oxygen atoms in total. The fourth-order valence-electron chi connectivity index (χ4n) is 3.64. The average Bonchev–Trinajstić information content (AvgIpc) is 3.00. The lowest BCUT2D eigenvalue weighted by atomic mass is 9.88. The molecule has 1 aromatic carbocycles. The number of esters is 1. The van der Waals surface area contributed by atoms with E-state index in [1.54, 1.807) is 18.2 Å². The zero-order valence-corrected chi connectivity index (χ0v) is 16.9. The van der Waals surface area contributed by atoms with Crippen molar-refractivity contribution in [2.45, 2.75) is 50.4 Å². The smallest absolute Gasteiger partial charge is 0.309 e. The number of hydrogen-bond donors (Lipinski definition) is 3. The maximum Gasteiger partial charge on any atom is 0.309 e. The molecule has 1 aliphatic rings. The van der Waals surface area contributed by atoms with E-state index in [9.17, 15) is 20.1 Å². The number of para-hydroxylation sites is 1. The van der Waals surface area contributed by atoms with E-state index in [1.165, 1.54) is 7.11 Å². The first-order valence-electron chi connectivity index (χ1n) is 10.1. The van der Waals surface area contributed by atoms with Gasteiger partial charge in [-0.1, -0.05) is 42.5 Å². The van der Waals surface area contributed by atoms with Gasteiger partial charge in [0.05, 0.1) is 25.7 Å². The molecule has 1 aliphatic carbocycles. The summed E-state index contributed by atoms with van der Waals surface area (Å²) in [6, 6.07) is 9.27. The van der Waals surface area contributed by atoms with Crippen LogP contribution in [0.15, 0.2) is 54.6 Å². The van der Waals surface area contributed by atoms with Crippen molar-refractivity contribution >= 4 is 5.97 Å². The highest BCUT2D eigenvalue weighted by atomic mass is 16.5. The molecule has 0 saturated heterocycles. The Morgan fingerprint density at radius 3 is 2.69 bits per heavy atom. The van der Waals surface area contributed by atoms with Crippen LogP contribution in [0.4, 0.5) is 0 Å². The number of carbonyl (C=O) groups is 1. The van der Waals surface area contributed by atoms with E-state index >= 15 is 0 Å². The molecule has 5 atom stereocenters. The second-order valence-electron chi connectivity index (χ2n) is 7.37. The zero-order chi connectivity index (χ0) is 21.1. The quantitative estimate of drug-likeness (QED) is 0.298. The van der Waals surface area contributed by atoms with Crippen LogP contribution >= 0.6 is 0 Å². The van der Waals surface area contributed by atoms with E-state index < -0.39 is 18.3 Å². The van der Waals surface area contributed by atoms with Crippen LogP contribution in [0.25, 0.3) is 0 Å². The van der Waals surface area contributed by atoms with Crippen molar-refractivity contribution in [1.29, 1.82) is 0 Å². The lowest BCUT2D eigenvalue weighted by Gasteiger charge is -2.21. The van der Waals surface area contributed by atoms with Gasteiger partial charge in [-0.15, -0.1) is 0 Å². The minimum absolute atomic E-state index is 0.0579. The van der Waals surface area contributed by atoms with E-state index in [2.05, 4.69) is 4.74 Å². The van der Waals surface area contributed by atoms with E-state index in [0.717, 1.165) is 19.3 Å². The molecule has 0 amide bonds. The maximum atomic E-state index is 11.1. The number of hydrogen-bond acceptors (Lipinski definition) is 6. The molecule has 29 heavy (non-hydrogen) atoms. The highest BCUT2D eigenvalue weighted by Gasteiger charge is 2.39. The molecule has 0 unspecified atom stereocenters. The van der Waals surface area contributed by atoms with Gasteiger partial charge in [0.25, 0.3) is 0 Å². The van der Waals surface area contributed by atoms with Crippen LogP contribution in [-0.4, -0.2) is 53.3 Å². The van der Waals surface area contributed by atoms with Crippen LogP contribution in [0.1, 0.15) is 32.1 Å². The largest absolute Gasteiger partial charge is 0.491 e. The van der Waals surface area contributed by atoms with Crippen molar-refractivity contribution in [2.75, 3.05) is 13.7 Å². The van der Waals surface area contributed by atoms with E-state index in [-0.39, 0.29) is 30.8 Å². The number of allylic oxidation sites excluding steroid dienone is 1. The number of aliphatic hydroxyl groups excluding tert-OH is 3. The third-order valence-electron chi connectivity index (χ3n) is 5.22. The molecular formula is C23H32O6. The predicted molar refractivity (Wildman–Crippen MR) is 110 cm³/mol. The first-order chi connectivity index (χ1) is 14.0. The summed E-state index contributed by atoms with van der Waals surface area (Å²) in [7, 11) is 1.36. The highest BCUT2D eigenvalue weighted by Crippen LogP contribution is 2.37. The van der Waals surface area contributed by atoms with Crippen LogP contribution < -0.4 is 4.74 Å². The second kappa shape index (κ2) is 12.4. The SMILES string of the molecule is COC(=O)C/C=C/CCC[C@@H]1[C@@H](/C=C/[C@@H](O)COc2ccccc2)[C@H](O)C[C@@H]1O. The minimum atomic E-state index is -0.790. The van der Waals surface area contributed by atoms with Crippen LogP contribution in [0.2, 0.25) is 0 Å². The summed E-state index contributed by atoms with van der Waals surface area (Å²) in [6.45, 7) is 0.127. The Kier molecular flexibility index (Phi) is 9.91. The molecule has 3 N–H and O–H groups in total. The number of rotatable bonds is 11. The molecule has 1 fully saturated rings. The van der Waals surface area contributed by atoms with Crippen LogP contribution in [0, 0.1) is 11.8 Å². The standard InChI is InChI=1S/C23H32O6/c1-28-23(27)12-8-3-2-7-11-19-20(22(26)15-21(19)25)14-13-17(24)16-29-18-9-5-4-6-10-18/h3-6,8-10,13-14,17,19-22,24-26H,2,7,11-12,15-16H2,1H3/b8-3+,14-13+/t17-,19-,20-,21+,22-/m1/s1. The van der Waals surface area contributed by atoms with Crippen molar-refractivity contribution in [1.82, 2.24) is 0 Å². The summed E-state index contributed by atoms with van der Waals surface area (Å²) in [6.07, 6.45) is 8.18. The summed E-state index contributed by atoms with van der Waals surface area (Å²) < 4.78 is 10.1. The fraction of sp³-hybridized carbons (Fsp3) is 0.522. The topological polar surface area (TPSA) is 96.2 Å². The Labute approximate surface area is 172 Å². The Balaban J connectivity index is 1.78. The summed E-state index contributed by atoms with van der Waals surface area (Å²) >= 11 is 0. The van der Waals surface area contributed by atoms with Gasteiger partial charge in [0.15, 0.2) is 0 Å². The van der Waals surface area contributed by atoms with E-state index in [0.29, 0.717) is 12.2 Å². The molecule has 0 heterocycles. The van der Waals surface area contributed by atoms with Crippen molar-refractivity contribution in [3.63, 3.8) is 0 Å². The maximum absolute atomic E-state index is 11.1. The van der Waals surface area contributed by atoms with Gasteiger partial charge in [0, 0.05) is 12.3 Å². The molecule has 160 valence electrons. The van der Waals surface area contributed by atoms with Crippen LogP contribution in [0.3, 0.4) is 0 Å². The lowest BCUT2D eigenvalue weighted by molar-refractivity contribution is -0.139. The minimum Gasteiger partial charge on any atom is -0.491 e. The molecule has 0 radical (unpaired) electrons. The van der Waals surface area contributed by atoms with E-state index in [4.69, 9.17) is 4.74 Å². The Hall–Kier alpha value is -2.15. The van der Waals surface area contributed by atoms with Crippen molar-refractivity contribution < 1.29 is 29.6 Å². The molecule has 6 heteroatoms. The Morgan fingerprint density at radius 1 is 1.21 bits per heavy atom. The molecule has 2 rings (SSSR count). The molecule has 0 aliphatic heterocycles. The lowest BCUT2D eigenvalue weighted by Crippen LogP contribution is -2.22. The molecule has 0 aromatic heterocycles. The van der Waals surface area contributed by atoms with Gasteiger partial charge in [0.1, 0.15) is 18.5 Å². The van der Waals surface area contributed by atoms with Gasteiger partial charge in [-0.05, 0) is 37.3 Å². The monoisotopic (exact) mass is 404 g/mol. The van der Waals surface area contributed by atoms with Gasteiger partial charge in [-0.3, -0.25) is 4.79 Å². The van der Waals surface area contributed by atoms with Gasteiger partial charge in [0.2, 0.25) is 0 Å². The summed E-state index contributed by atoms with van der Waals surface area (Å²) in [5.74, 6) is 0.165. The summed E-state index contributed by atoms with van der Waals surface area (Å²) in [5.41, 5.74) is 0. The Morgan fingerprint density at radius 2 is 1.97 bits per heavy atom. The second-order valence-corrected chi connectivity index (χ2v) is 7.37. The van der Waals surface area contributed by atoms with E-state index in [1.807, 2.05) is 36.4 Å². The fourth-order valence-corrected chi connectivity index (χ4v) is 3.64. The number of ether oxygens (including phenoxy) is 2. The summed E-state index contributed by atoms with van der Waals surface area (Å²) in [5, 5.41) is 30.7. The third kappa shape index (κ3) is 8.01. The average molecular weight is 405 g/mol. The molecule has 0 bridgehead atoms. The van der Waals surface area contributed by atoms with Crippen LogP contribution in [-0.2, 0) is 9.53 Å². The van der Waals surface area contributed by atoms with Crippen molar-refractivity contribution in [2.24, 2.45) is 11.8 Å². The number of aliphatic hydroxyl groups is 3. The van der Waals surface area contributed by atoms with Gasteiger partial charge in [-0.2, -0.15) is 0 Å². The first-order valence-corrected chi connectivity index (χ1v) is 10.1. The van der Waals surface area contributed by atoms with Crippen molar-refractivity contribution in [3.05, 3.63) is 54.6 Å². The number of unbranched alkanes of at least 4 members (excludes halogenated alkanes) is 1. The van der Waals surface area contributed by atoms with Crippen LogP contribution in [0.5, 0.6) is 5.75 Å². The predicted octanol–water partition coefficient (Wildman–Crippen LogP) is 2.63. The normalized spacial score (nSPS) is 25.5. The van der Waals surface area contributed by atoms with Crippen molar-refractivity contribution in [3.8, 4) is 5.75 Å². The van der Waals surface area contributed by atoms with Gasteiger partial charge < -0.3 is 24.8 Å². The molecule has 1 saturated carbocycles. The molecular weight excluding hydrogens is 372 g/mol. The van der Waals surface area contributed by atoms with Gasteiger partial charge >= 0.3 is 5.97 Å². The zero-order valence-electron chi connectivity index (χ0n) is 16.9. The molecule has 1 aromatic rings. The molecule has 0 spiro atoms. The van der Waals surface area contributed by atoms with Gasteiger partial charge in [-0.25, -0.2) is 0 Å². The third-order valence-corrected chi connectivity index (χ3v) is 5.22. The number of methoxy groups -OCH3 is 1. The first kappa shape index (κ1) is 23.1. The highest BCUT2D eigenvalue weighted by molar-refractivity contribution is 5.70. The Bertz CT molecular complexity index is 657.